The first-order valence-electron chi connectivity index (χ1n) is 16.0. The lowest BCUT2D eigenvalue weighted by Gasteiger charge is -2.42. The Balaban J connectivity index is 1.61. The fourth-order valence-corrected chi connectivity index (χ4v) is 5.80. The van der Waals surface area contributed by atoms with Crippen molar-refractivity contribution in [1.29, 1.82) is 0 Å². The Morgan fingerprint density at radius 1 is 0.980 bits per heavy atom. The molecule has 14 heteroatoms. The van der Waals surface area contributed by atoms with Gasteiger partial charge in [0.2, 0.25) is 5.91 Å². The number of hydrogen-bond acceptors (Lipinski definition) is 10. The fourth-order valence-electron chi connectivity index (χ4n) is 5.80. The van der Waals surface area contributed by atoms with E-state index in [9.17, 15) is 39.8 Å². The molecule has 1 aliphatic heterocycles. The average molecular weight is 683 g/mol. The number of allylic oxidation sites excluding steroid dienone is 2. The minimum absolute atomic E-state index is 0.0485. The number of unbranched alkanes of at least 4 members (excludes halogenated alkanes) is 1. The zero-order valence-electron chi connectivity index (χ0n) is 28.7. The van der Waals surface area contributed by atoms with Gasteiger partial charge in [0, 0.05) is 55.3 Å². The summed E-state index contributed by atoms with van der Waals surface area (Å²) in [4.78, 5) is 50.2. The van der Waals surface area contributed by atoms with Gasteiger partial charge in [0.1, 0.15) is 24.2 Å². The van der Waals surface area contributed by atoms with Crippen LogP contribution in [0.25, 0.3) is 0 Å². The topological polar surface area (TPSA) is 201 Å². The first-order valence-corrected chi connectivity index (χ1v) is 16.0. The summed E-state index contributed by atoms with van der Waals surface area (Å²) in [6.07, 6.45) is 0.530. The Bertz CT molecular complexity index is 1560. The Kier molecular flexibility index (Phi) is 13.3. The van der Waals surface area contributed by atoms with Crippen LogP contribution in [-0.4, -0.2) is 88.5 Å². The van der Waals surface area contributed by atoms with Crippen molar-refractivity contribution in [3.05, 3.63) is 86.2 Å². The molecule has 49 heavy (non-hydrogen) atoms. The minimum atomic E-state index is -1.79. The van der Waals surface area contributed by atoms with Crippen LogP contribution in [0.2, 0.25) is 0 Å². The summed E-state index contributed by atoms with van der Waals surface area (Å²) in [5, 5.41) is 48.2. The van der Waals surface area contributed by atoms with Gasteiger partial charge in [0.15, 0.2) is 0 Å². The summed E-state index contributed by atoms with van der Waals surface area (Å²) in [6, 6.07) is 11.1. The van der Waals surface area contributed by atoms with Crippen LogP contribution in [-0.2, 0) is 26.2 Å². The Morgan fingerprint density at radius 2 is 1.59 bits per heavy atom. The lowest BCUT2D eigenvalue weighted by atomic mass is 9.66. The fraction of sp³-hybridized carbons (Fsp3) is 0.457. The Hall–Kier alpha value is -4.95. The van der Waals surface area contributed by atoms with E-state index in [0.717, 1.165) is 5.56 Å². The molecule has 0 bridgehead atoms. The van der Waals surface area contributed by atoms with Gasteiger partial charge in [-0.15, -0.1) is 0 Å². The van der Waals surface area contributed by atoms with Gasteiger partial charge >= 0.3 is 11.9 Å². The molecule has 0 spiro atoms. The molecule has 1 amide bonds. The number of carbonyl (C=O) groups is 3. The van der Waals surface area contributed by atoms with Crippen LogP contribution in [0.5, 0.6) is 11.5 Å². The van der Waals surface area contributed by atoms with Crippen molar-refractivity contribution in [2.75, 3.05) is 33.4 Å². The highest BCUT2D eigenvalue weighted by atomic mass is 16.6. The van der Waals surface area contributed by atoms with Crippen molar-refractivity contribution in [3.8, 4) is 11.5 Å². The van der Waals surface area contributed by atoms with Crippen LogP contribution in [0.3, 0.4) is 0 Å². The SMILES string of the molecule is CC1=C(C(=O)O)C(C)(c2cc([N+](=O)[O-])ccc2OCCCCNC(=O)Cc2ccc(OCC(O)CNC(C)C)cc2)C(C(=O)O)=C(C)N1C. The second-order valence-electron chi connectivity index (χ2n) is 12.4. The van der Waals surface area contributed by atoms with Gasteiger partial charge in [0.25, 0.3) is 5.69 Å². The van der Waals surface area contributed by atoms with E-state index in [1.165, 1.54) is 30.0 Å². The summed E-state index contributed by atoms with van der Waals surface area (Å²) in [6.45, 7) is 9.58. The molecule has 0 saturated heterocycles. The highest BCUT2D eigenvalue weighted by Gasteiger charge is 2.50. The number of nitrogens with zero attached hydrogens (tertiary/aromatic N) is 2. The first-order chi connectivity index (χ1) is 23.1. The molecule has 266 valence electrons. The highest BCUT2D eigenvalue weighted by Crippen LogP contribution is 2.50. The van der Waals surface area contributed by atoms with E-state index in [1.807, 2.05) is 13.8 Å². The van der Waals surface area contributed by atoms with Crippen LogP contribution in [0.15, 0.2) is 65.0 Å². The largest absolute Gasteiger partial charge is 0.493 e. The van der Waals surface area contributed by atoms with Gasteiger partial charge in [-0.1, -0.05) is 26.0 Å². The van der Waals surface area contributed by atoms with Crippen molar-refractivity contribution in [3.63, 3.8) is 0 Å². The second kappa shape index (κ2) is 16.9. The minimum Gasteiger partial charge on any atom is -0.493 e. The number of nitrogens with one attached hydrogen (secondary N) is 2. The van der Waals surface area contributed by atoms with Crippen LogP contribution >= 0.6 is 0 Å². The van der Waals surface area contributed by atoms with Crippen LogP contribution in [0.1, 0.15) is 58.6 Å². The number of amides is 1. The van der Waals surface area contributed by atoms with E-state index >= 15 is 0 Å². The third-order valence-electron chi connectivity index (χ3n) is 8.51. The van der Waals surface area contributed by atoms with E-state index < -0.39 is 28.4 Å². The van der Waals surface area contributed by atoms with Gasteiger partial charge in [0.05, 0.1) is 34.5 Å². The number of ether oxygens (including phenoxy) is 2. The van der Waals surface area contributed by atoms with Crippen LogP contribution in [0, 0.1) is 10.1 Å². The predicted molar refractivity (Wildman–Crippen MR) is 181 cm³/mol. The Labute approximate surface area is 285 Å². The van der Waals surface area contributed by atoms with Gasteiger partial charge in [-0.05, 0) is 57.4 Å². The number of nitro groups is 1. The summed E-state index contributed by atoms with van der Waals surface area (Å²) < 4.78 is 11.6. The summed E-state index contributed by atoms with van der Waals surface area (Å²) >= 11 is 0. The maximum atomic E-state index is 12.6. The highest BCUT2D eigenvalue weighted by molar-refractivity contribution is 6.00. The van der Waals surface area contributed by atoms with Gasteiger partial charge in [-0.3, -0.25) is 14.9 Å². The third-order valence-corrected chi connectivity index (χ3v) is 8.51. The monoisotopic (exact) mass is 682 g/mol. The normalized spacial score (nSPS) is 14.9. The number of carboxylic acids is 2. The van der Waals surface area contributed by atoms with E-state index in [4.69, 9.17) is 9.47 Å². The zero-order chi connectivity index (χ0) is 36.5. The summed E-state index contributed by atoms with van der Waals surface area (Å²) in [7, 11) is 1.56. The van der Waals surface area contributed by atoms with E-state index in [1.54, 1.807) is 45.2 Å². The molecule has 0 aromatic heterocycles. The lowest BCUT2D eigenvalue weighted by Crippen LogP contribution is -2.43. The van der Waals surface area contributed by atoms with Gasteiger partial charge in [-0.25, -0.2) is 9.59 Å². The van der Waals surface area contributed by atoms with Crippen LogP contribution in [0.4, 0.5) is 5.69 Å². The second-order valence-corrected chi connectivity index (χ2v) is 12.4. The molecule has 0 fully saturated rings. The molecule has 2 aromatic carbocycles. The third kappa shape index (κ3) is 9.57. The van der Waals surface area contributed by atoms with Gasteiger partial charge in [-0.2, -0.15) is 0 Å². The predicted octanol–water partition coefficient (Wildman–Crippen LogP) is 3.77. The number of non-ortho nitro benzene ring substituents is 1. The first kappa shape index (κ1) is 38.5. The molecular weight excluding hydrogens is 636 g/mol. The van der Waals surface area contributed by atoms with Crippen molar-refractivity contribution >= 4 is 23.5 Å². The van der Waals surface area contributed by atoms with E-state index in [0.29, 0.717) is 43.1 Å². The van der Waals surface area contributed by atoms with Crippen molar-refractivity contribution in [2.24, 2.45) is 0 Å². The number of aliphatic hydroxyl groups excluding tert-OH is 1. The maximum Gasteiger partial charge on any atom is 0.334 e. The smallest absolute Gasteiger partial charge is 0.334 e. The summed E-state index contributed by atoms with van der Waals surface area (Å²) in [5.41, 5.74) is -1.18. The average Bonchev–Trinajstić information content (AvgIpc) is 3.03. The number of nitro benzene ring substituents is 1. The van der Waals surface area contributed by atoms with Gasteiger partial charge < -0.3 is 40.3 Å². The number of aliphatic hydroxyl groups is 1. The number of aliphatic carboxylic acids is 2. The molecule has 2 aromatic rings. The number of rotatable bonds is 18. The van der Waals surface area contributed by atoms with Crippen LogP contribution < -0.4 is 20.1 Å². The Morgan fingerprint density at radius 3 is 2.14 bits per heavy atom. The standard InChI is InChI=1S/C35H46N4O10/c1-21(2)37-19-26(40)20-49-27-12-9-24(10-13-27)17-30(41)36-15-7-8-16-48-29-14-11-25(39(46)47)18-28(29)35(5)31(33(42)43)22(3)38(6)23(4)32(35)34(44)45/h9-14,18,21,26,37,40H,7-8,15-17,19-20H2,1-6H3,(H,36,41)(H,42,43)(H,44,45). The summed E-state index contributed by atoms with van der Waals surface area (Å²) in [5.74, 6) is -2.19. The zero-order valence-corrected chi connectivity index (χ0v) is 28.7. The number of benzene rings is 2. The van der Waals surface area contributed by atoms with Crippen molar-refractivity contribution in [2.45, 2.75) is 71.4 Å². The molecule has 0 aliphatic carbocycles. The van der Waals surface area contributed by atoms with E-state index in [2.05, 4.69) is 10.6 Å². The molecule has 14 nitrogen and oxygen atoms in total. The molecule has 1 unspecified atom stereocenters. The van der Waals surface area contributed by atoms with Crippen molar-refractivity contribution in [1.82, 2.24) is 15.5 Å². The molecule has 1 heterocycles. The molecule has 5 N–H and O–H groups in total. The number of hydrogen-bond donors (Lipinski definition) is 5. The quantitative estimate of drug-likeness (QED) is 0.0867. The van der Waals surface area contributed by atoms with E-state index in [-0.39, 0.29) is 59.7 Å². The number of carbonyl (C=O) groups excluding carboxylic acids is 1. The lowest BCUT2D eigenvalue weighted by molar-refractivity contribution is -0.385. The molecule has 1 atom stereocenters. The molecular formula is C35H46N4O10. The molecule has 3 rings (SSSR count). The number of carboxylic acid groups (broad SMARTS) is 2. The van der Waals surface area contributed by atoms with Crippen molar-refractivity contribution < 1.29 is 44.1 Å². The molecule has 0 radical (unpaired) electrons. The molecule has 1 aliphatic rings. The maximum absolute atomic E-state index is 12.6. The molecule has 0 saturated carbocycles.